The zero-order valence-electron chi connectivity index (χ0n) is 29.1. The van der Waals surface area contributed by atoms with E-state index in [1.54, 1.807) is 0 Å². The van der Waals surface area contributed by atoms with E-state index in [1.165, 1.54) is 117 Å². The lowest BCUT2D eigenvalue weighted by atomic mass is 9.84. The second kappa shape index (κ2) is 11.6. The van der Waals surface area contributed by atoms with E-state index < -0.39 is 0 Å². The molecule has 0 atom stereocenters. The highest BCUT2D eigenvalue weighted by molar-refractivity contribution is 7.27. The van der Waals surface area contributed by atoms with Gasteiger partial charge >= 0.3 is 0 Å². The van der Waals surface area contributed by atoms with Crippen LogP contribution < -0.4 is 0 Å². The first kappa shape index (κ1) is 30.2. The minimum atomic E-state index is 1.24. The van der Waals surface area contributed by atoms with Gasteiger partial charge in [-0.15, -0.1) is 22.7 Å². The minimum Gasteiger partial charge on any atom is -0.135 e. The summed E-state index contributed by atoms with van der Waals surface area (Å²) < 4.78 is 5.42. The van der Waals surface area contributed by atoms with E-state index in [-0.39, 0.29) is 0 Å². The highest BCUT2D eigenvalue weighted by Crippen LogP contribution is 2.46. The van der Waals surface area contributed by atoms with Gasteiger partial charge in [-0.2, -0.15) is 0 Å². The first-order valence-corrected chi connectivity index (χ1v) is 20.1. The fraction of sp³-hybridized carbons (Fsp3) is 0. The lowest BCUT2D eigenvalue weighted by molar-refractivity contribution is 1.67. The van der Waals surface area contributed by atoms with Gasteiger partial charge in [-0.05, 0) is 113 Å². The first-order chi connectivity index (χ1) is 26.7. The third-order valence-electron chi connectivity index (χ3n) is 11.4. The molecule has 12 aromatic rings. The predicted octanol–water partition coefficient (Wildman–Crippen LogP) is 16.0. The van der Waals surface area contributed by atoms with Crippen molar-refractivity contribution in [1.82, 2.24) is 0 Å². The minimum absolute atomic E-state index is 1.24. The van der Waals surface area contributed by atoms with Crippen molar-refractivity contribution in [1.29, 1.82) is 0 Å². The van der Waals surface area contributed by atoms with Crippen molar-refractivity contribution in [3.8, 4) is 33.4 Å². The highest BCUT2D eigenvalue weighted by Gasteiger charge is 2.18. The standard InChI is InChI=1S/C52H30S2/c1-2-12-37-31(10-1)11-9-18-40(37)52-43-16-5-3-14-41(43)51(42-15-4-6-17-44(42)52)36-23-22-32-26-33(20-21-34(32)27-36)35-24-25-39-46-30-49-45(29-50(46)54-48(39)28-35)38-13-7-8-19-47(38)53-49/h1-30H. The number of benzene rings is 10. The normalized spacial score (nSPS) is 12.1. The van der Waals surface area contributed by atoms with Crippen molar-refractivity contribution >= 4 is 106 Å². The maximum absolute atomic E-state index is 2.41. The molecule has 0 fully saturated rings. The molecule has 2 heterocycles. The van der Waals surface area contributed by atoms with Gasteiger partial charge < -0.3 is 0 Å². The van der Waals surface area contributed by atoms with Gasteiger partial charge in [-0.3, -0.25) is 0 Å². The fourth-order valence-corrected chi connectivity index (χ4v) is 11.2. The van der Waals surface area contributed by atoms with E-state index in [0.29, 0.717) is 0 Å². The van der Waals surface area contributed by atoms with Gasteiger partial charge in [0.1, 0.15) is 0 Å². The Hall–Kier alpha value is -6.32. The number of rotatable bonds is 3. The molecule has 2 heteroatoms. The molecule has 12 rings (SSSR count). The zero-order chi connectivity index (χ0) is 35.3. The van der Waals surface area contributed by atoms with Crippen molar-refractivity contribution in [3.05, 3.63) is 182 Å². The number of fused-ring (bicyclic) bond motifs is 10. The molecule has 0 aliphatic rings. The lowest BCUT2D eigenvalue weighted by Crippen LogP contribution is -1.91. The second-order valence-corrected chi connectivity index (χ2v) is 16.6. The molecule has 0 nitrogen and oxygen atoms in total. The van der Waals surface area contributed by atoms with E-state index in [4.69, 9.17) is 0 Å². The third-order valence-corrected chi connectivity index (χ3v) is 13.7. The van der Waals surface area contributed by atoms with Crippen LogP contribution in [0, 0.1) is 0 Å². The van der Waals surface area contributed by atoms with Crippen molar-refractivity contribution in [3.63, 3.8) is 0 Å². The van der Waals surface area contributed by atoms with Crippen LogP contribution in [0.5, 0.6) is 0 Å². The Morgan fingerprint density at radius 2 is 0.722 bits per heavy atom. The van der Waals surface area contributed by atoms with Crippen LogP contribution in [0.2, 0.25) is 0 Å². The van der Waals surface area contributed by atoms with E-state index in [1.807, 2.05) is 22.7 Å². The van der Waals surface area contributed by atoms with E-state index in [0.717, 1.165) is 0 Å². The maximum Gasteiger partial charge on any atom is 0.0362 e. The average Bonchev–Trinajstić information content (AvgIpc) is 3.78. The van der Waals surface area contributed by atoms with Crippen LogP contribution in [0.4, 0.5) is 0 Å². The molecule has 10 aromatic carbocycles. The summed E-state index contributed by atoms with van der Waals surface area (Å²) in [7, 11) is 0. The second-order valence-electron chi connectivity index (χ2n) is 14.4. The van der Waals surface area contributed by atoms with Gasteiger partial charge in [0, 0.05) is 40.3 Å². The van der Waals surface area contributed by atoms with Gasteiger partial charge in [-0.1, -0.05) is 146 Å². The predicted molar refractivity (Wildman–Crippen MR) is 239 cm³/mol. The monoisotopic (exact) mass is 718 g/mol. The molecule has 2 aromatic heterocycles. The summed E-state index contributed by atoms with van der Waals surface area (Å²) in [4.78, 5) is 0. The van der Waals surface area contributed by atoms with Crippen molar-refractivity contribution < 1.29 is 0 Å². The molecule has 250 valence electrons. The number of hydrogen-bond donors (Lipinski definition) is 0. The van der Waals surface area contributed by atoms with Crippen LogP contribution in [-0.4, -0.2) is 0 Å². The molecule has 0 saturated carbocycles. The Labute approximate surface area is 319 Å². The Balaban J connectivity index is 0.981. The van der Waals surface area contributed by atoms with Crippen LogP contribution in [-0.2, 0) is 0 Å². The molecule has 0 bridgehead atoms. The molecule has 0 spiro atoms. The molecule has 0 aliphatic carbocycles. The summed E-state index contributed by atoms with van der Waals surface area (Å²) in [6.45, 7) is 0. The molecule has 0 N–H and O–H groups in total. The summed E-state index contributed by atoms with van der Waals surface area (Å²) in [5.41, 5.74) is 7.62. The fourth-order valence-electron chi connectivity index (χ4n) is 8.93. The van der Waals surface area contributed by atoms with Gasteiger partial charge in [0.05, 0.1) is 0 Å². The van der Waals surface area contributed by atoms with Crippen LogP contribution in [0.1, 0.15) is 0 Å². The van der Waals surface area contributed by atoms with E-state index in [9.17, 15) is 0 Å². The third kappa shape index (κ3) is 4.48. The SMILES string of the molecule is c1ccc2c(-c3c4ccccc4c(-c4ccc5cc(-c6ccc7c(c6)sc6cc8c(cc67)sc6ccccc68)ccc5c4)c4ccccc34)cccc2c1. The van der Waals surface area contributed by atoms with Gasteiger partial charge in [0.15, 0.2) is 0 Å². The van der Waals surface area contributed by atoms with Gasteiger partial charge in [0.25, 0.3) is 0 Å². The summed E-state index contributed by atoms with van der Waals surface area (Å²) >= 11 is 3.80. The van der Waals surface area contributed by atoms with Crippen LogP contribution in [0.25, 0.3) is 117 Å². The van der Waals surface area contributed by atoms with Gasteiger partial charge in [-0.25, -0.2) is 0 Å². The van der Waals surface area contributed by atoms with Crippen molar-refractivity contribution in [2.45, 2.75) is 0 Å². The summed E-state index contributed by atoms with van der Waals surface area (Å²) in [5.74, 6) is 0. The molecule has 0 amide bonds. The van der Waals surface area contributed by atoms with Crippen LogP contribution in [0.15, 0.2) is 182 Å². The molecule has 0 unspecified atom stereocenters. The Morgan fingerprint density at radius 1 is 0.241 bits per heavy atom. The van der Waals surface area contributed by atoms with Gasteiger partial charge in [0.2, 0.25) is 0 Å². The highest BCUT2D eigenvalue weighted by atomic mass is 32.1. The Bertz CT molecular complexity index is 3440. The van der Waals surface area contributed by atoms with E-state index in [2.05, 4.69) is 182 Å². The Morgan fingerprint density at radius 3 is 1.44 bits per heavy atom. The number of hydrogen-bond acceptors (Lipinski definition) is 2. The Kier molecular flexibility index (Phi) is 6.48. The molecular weight excluding hydrogens is 689 g/mol. The summed E-state index contributed by atoms with van der Waals surface area (Å²) in [6.07, 6.45) is 0. The smallest absolute Gasteiger partial charge is 0.0362 e. The van der Waals surface area contributed by atoms with Crippen molar-refractivity contribution in [2.75, 3.05) is 0 Å². The largest absolute Gasteiger partial charge is 0.135 e. The van der Waals surface area contributed by atoms with Crippen LogP contribution in [0.3, 0.4) is 0 Å². The molecule has 0 saturated heterocycles. The van der Waals surface area contributed by atoms with Crippen LogP contribution >= 0.6 is 22.7 Å². The van der Waals surface area contributed by atoms with E-state index >= 15 is 0 Å². The summed E-state index contributed by atoms with van der Waals surface area (Å²) in [5, 5.41) is 15.6. The lowest BCUT2D eigenvalue weighted by Gasteiger charge is -2.19. The molecule has 0 aliphatic heterocycles. The van der Waals surface area contributed by atoms with Crippen molar-refractivity contribution in [2.24, 2.45) is 0 Å². The zero-order valence-corrected chi connectivity index (χ0v) is 30.8. The molecule has 54 heavy (non-hydrogen) atoms. The topological polar surface area (TPSA) is 0 Å². The average molecular weight is 719 g/mol. The quantitative estimate of drug-likeness (QED) is 0.160. The molecule has 0 radical (unpaired) electrons. The number of thiophene rings is 2. The molecular formula is C52H30S2. The first-order valence-electron chi connectivity index (χ1n) is 18.5. The maximum atomic E-state index is 2.41. The summed E-state index contributed by atoms with van der Waals surface area (Å²) in [6, 6.07) is 67.9.